The first-order valence-corrected chi connectivity index (χ1v) is 3.21. The number of hydrogen-bond acceptors (Lipinski definition) is 2. The molecule has 0 unspecified atom stereocenters. The molecular weight excluding hydrogens is 145 g/mol. The summed E-state index contributed by atoms with van der Waals surface area (Å²) < 4.78 is 0. The third-order valence-corrected chi connectivity index (χ3v) is 1.67. The fraction of sp³-hybridized carbons (Fsp3) is 0.800. The Bertz CT molecular complexity index is 108. The fourth-order valence-electron chi connectivity index (χ4n) is 0.895. The molecule has 0 aliphatic carbocycles. The number of carbonyl (C=O) groups is 1. The van der Waals surface area contributed by atoms with Gasteiger partial charge in [-0.1, -0.05) is 0 Å². The van der Waals surface area contributed by atoms with Crippen LogP contribution in [-0.4, -0.2) is 17.7 Å². The van der Waals surface area contributed by atoms with Crippen LogP contribution in [0.4, 0.5) is 0 Å². The fourth-order valence-corrected chi connectivity index (χ4v) is 1.12. The molecule has 0 aromatic carbocycles. The van der Waals surface area contributed by atoms with Gasteiger partial charge in [-0.2, -0.15) is 0 Å². The van der Waals surface area contributed by atoms with Crippen molar-refractivity contribution in [3.8, 4) is 0 Å². The summed E-state index contributed by atoms with van der Waals surface area (Å²) in [7, 11) is 0. The topological polar surface area (TPSA) is 29.1 Å². The van der Waals surface area contributed by atoms with Crippen molar-refractivity contribution in [2.45, 2.75) is 18.9 Å². The van der Waals surface area contributed by atoms with E-state index in [1.165, 1.54) is 0 Å². The van der Waals surface area contributed by atoms with Gasteiger partial charge in [-0.25, -0.2) is 0 Å². The molecule has 1 aliphatic rings. The smallest absolute Gasteiger partial charge is 1.00 e. The molecule has 1 rings (SSSR count). The van der Waals surface area contributed by atoms with E-state index in [2.05, 4.69) is 17.9 Å². The van der Waals surface area contributed by atoms with Gasteiger partial charge in [0.1, 0.15) is 0 Å². The van der Waals surface area contributed by atoms with Crippen molar-refractivity contribution < 1.29 is 35.8 Å². The van der Waals surface area contributed by atoms with Crippen molar-refractivity contribution in [3.63, 3.8) is 0 Å². The molecule has 1 N–H and O–H groups in total. The Labute approximate surface area is 84.0 Å². The Balaban J connectivity index is 0. The van der Waals surface area contributed by atoms with E-state index in [0.717, 1.165) is 19.4 Å². The molecule has 1 fully saturated rings. The average molecular weight is 155 g/mol. The molecule has 0 radical (unpaired) electrons. The summed E-state index contributed by atoms with van der Waals surface area (Å²) in [6.07, 6.45) is 2.07. The van der Waals surface area contributed by atoms with E-state index in [4.69, 9.17) is 0 Å². The quantitative estimate of drug-likeness (QED) is 0.319. The molecule has 1 heterocycles. The van der Waals surface area contributed by atoms with Crippen molar-refractivity contribution in [1.29, 1.82) is 0 Å². The van der Waals surface area contributed by atoms with Crippen LogP contribution in [0.25, 0.3) is 0 Å². The first-order valence-electron chi connectivity index (χ1n) is 2.77. The monoisotopic (exact) mass is 155 g/mol. The van der Waals surface area contributed by atoms with Crippen molar-refractivity contribution >= 4 is 17.7 Å². The van der Waals surface area contributed by atoms with Gasteiger partial charge in [0.2, 0.25) is 5.12 Å². The van der Waals surface area contributed by atoms with Gasteiger partial charge in [-0.3, -0.25) is 4.79 Å². The van der Waals surface area contributed by atoms with Crippen LogP contribution in [0.3, 0.4) is 0 Å². The van der Waals surface area contributed by atoms with Gasteiger partial charge in [0.15, 0.2) is 0 Å². The number of nitrogens with one attached hydrogen (secondary N) is 1. The van der Waals surface area contributed by atoms with Crippen LogP contribution in [0.2, 0.25) is 0 Å². The van der Waals surface area contributed by atoms with E-state index in [1.54, 1.807) is 0 Å². The molecule has 0 bridgehead atoms. The summed E-state index contributed by atoms with van der Waals surface area (Å²) in [5, 5.41) is 3.00. The van der Waals surface area contributed by atoms with E-state index in [1.807, 2.05) is 0 Å². The molecule has 1 aliphatic heterocycles. The Morgan fingerprint density at radius 3 is 2.67 bits per heavy atom. The second-order valence-corrected chi connectivity index (χ2v) is 2.43. The summed E-state index contributed by atoms with van der Waals surface area (Å²) in [5.41, 5.74) is 0. The number of thiol groups is 1. The molecule has 0 aromatic heterocycles. The zero-order valence-electron chi connectivity index (χ0n) is 6.55. The molecule has 0 aromatic rings. The molecular formula is C5H10NNaOS. The van der Waals surface area contributed by atoms with E-state index >= 15 is 0 Å². The molecule has 1 atom stereocenters. The maximum Gasteiger partial charge on any atom is 1.00 e. The molecule has 0 amide bonds. The van der Waals surface area contributed by atoms with Gasteiger partial charge in [0.25, 0.3) is 0 Å². The third kappa shape index (κ3) is 3.05. The zero-order chi connectivity index (χ0) is 5.98. The predicted octanol–water partition coefficient (Wildman–Crippen LogP) is -2.69. The molecule has 0 spiro atoms. The Morgan fingerprint density at radius 1 is 1.78 bits per heavy atom. The molecule has 9 heavy (non-hydrogen) atoms. The summed E-state index contributed by atoms with van der Waals surface area (Å²) in [4.78, 5) is 10.4. The van der Waals surface area contributed by atoms with Crippen LogP contribution < -0.4 is 34.9 Å². The van der Waals surface area contributed by atoms with E-state index in [-0.39, 0.29) is 42.1 Å². The first kappa shape index (κ1) is 9.98. The van der Waals surface area contributed by atoms with Crippen LogP contribution in [0.1, 0.15) is 14.3 Å². The molecule has 48 valence electrons. The van der Waals surface area contributed by atoms with Gasteiger partial charge in [0, 0.05) is 0 Å². The van der Waals surface area contributed by atoms with Gasteiger partial charge >= 0.3 is 29.6 Å². The SMILES string of the molecule is O=C(S)[C@@H]1CCCN1.[H-].[Na+]. The van der Waals surface area contributed by atoms with Crippen molar-refractivity contribution in [3.05, 3.63) is 0 Å². The Kier molecular flexibility index (Phi) is 5.26. The van der Waals surface area contributed by atoms with Crippen molar-refractivity contribution in [2.24, 2.45) is 0 Å². The second-order valence-electron chi connectivity index (χ2n) is 1.99. The van der Waals surface area contributed by atoms with Crippen LogP contribution in [0.15, 0.2) is 0 Å². The summed E-state index contributed by atoms with van der Waals surface area (Å²) in [6, 6.07) is 0.0401. The second kappa shape index (κ2) is 4.74. The number of rotatable bonds is 1. The van der Waals surface area contributed by atoms with E-state index in [0.29, 0.717) is 0 Å². The Hall–Kier alpha value is 0.980. The largest absolute Gasteiger partial charge is 1.00 e. The summed E-state index contributed by atoms with van der Waals surface area (Å²) >= 11 is 3.69. The summed E-state index contributed by atoms with van der Waals surface area (Å²) in [6.45, 7) is 0.969. The van der Waals surface area contributed by atoms with Crippen molar-refractivity contribution in [2.75, 3.05) is 6.54 Å². The van der Waals surface area contributed by atoms with Crippen LogP contribution in [0, 0.1) is 0 Å². The average Bonchev–Trinajstić information content (AvgIpc) is 2.12. The Morgan fingerprint density at radius 2 is 2.44 bits per heavy atom. The van der Waals surface area contributed by atoms with Crippen LogP contribution >= 0.6 is 12.6 Å². The maximum absolute atomic E-state index is 10.4. The minimum atomic E-state index is -0.0255. The molecule has 2 nitrogen and oxygen atoms in total. The van der Waals surface area contributed by atoms with Gasteiger partial charge in [0.05, 0.1) is 6.04 Å². The summed E-state index contributed by atoms with van der Waals surface area (Å²) in [5.74, 6) is 0. The molecule has 1 saturated heterocycles. The number of hydrogen-bond donors (Lipinski definition) is 2. The maximum atomic E-state index is 10.4. The molecule has 4 heteroatoms. The van der Waals surface area contributed by atoms with Crippen LogP contribution in [-0.2, 0) is 4.79 Å². The van der Waals surface area contributed by atoms with E-state index in [9.17, 15) is 4.79 Å². The molecule has 0 saturated carbocycles. The third-order valence-electron chi connectivity index (χ3n) is 1.36. The van der Waals surface area contributed by atoms with Gasteiger partial charge in [-0.05, 0) is 19.4 Å². The predicted molar refractivity (Wildman–Crippen MR) is 36.1 cm³/mol. The van der Waals surface area contributed by atoms with Crippen molar-refractivity contribution in [1.82, 2.24) is 5.32 Å². The zero-order valence-corrected chi connectivity index (χ0v) is 8.45. The van der Waals surface area contributed by atoms with Gasteiger partial charge < -0.3 is 6.74 Å². The minimum Gasteiger partial charge on any atom is -1.00 e. The van der Waals surface area contributed by atoms with E-state index < -0.39 is 0 Å². The normalized spacial score (nSPS) is 25.2. The standard InChI is InChI=1S/C5H9NOS.Na.H/c7-5(8)4-2-1-3-6-4;;/h4,6H,1-3H2,(H,7,8);;/q;+1;-1/t4-;;/m0../s1. The first-order chi connectivity index (χ1) is 3.80. The minimum absolute atomic E-state index is 0. The van der Waals surface area contributed by atoms with Gasteiger partial charge in [-0.15, -0.1) is 12.6 Å². The number of carbonyl (C=O) groups excluding carboxylic acids is 1. The van der Waals surface area contributed by atoms with Crippen LogP contribution in [0.5, 0.6) is 0 Å².